The van der Waals surface area contributed by atoms with E-state index < -0.39 is 17.8 Å². The van der Waals surface area contributed by atoms with Gasteiger partial charge < -0.3 is 17.7 Å². The minimum absolute atomic E-state index is 0.754. The van der Waals surface area contributed by atoms with Crippen molar-refractivity contribution in [1.29, 1.82) is 0 Å². The topological polar surface area (TPSA) is 36.9 Å². The molecule has 1 aromatic carbocycles. The van der Waals surface area contributed by atoms with E-state index in [1.165, 1.54) is 5.56 Å². The molecule has 0 radical (unpaired) electrons. The van der Waals surface area contributed by atoms with Crippen LogP contribution in [0.25, 0.3) is 0 Å². The fraction of sp³-hybridized carbons (Fsp3) is 0.647. The van der Waals surface area contributed by atoms with Crippen molar-refractivity contribution in [2.75, 3.05) is 26.4 Å². The van der Waals surface area contributed by atoms with Crippen molar-refractivity contribution in [1.82, 2.24) is 0 Å². The highest BCUT2D eigenvalue weighted by Gasteiger charge is 2.22. The second-order valence-corrected chi connectivity index (χ2v) is 10.6. The van der Waals surface area contributed by atoms with Crippen LogP contribution < -0.4 is 0 Å². The first-order valence-electron chi connectivity index (χ1n) is 8.54. The zero-order chi connectivity index (χ0) is 17.6. The summed E-state index contributed by atoms with van der Waals surface area (Å²) in [5.74, 6) is 0. The number of hydrogen-bond donors (Lipinski definition) is 0. The van der Waals surface area contributed by atoms with Crippen LogP contribution in [0.2, 0.25) is 13.1 Å². The lowest BCUT2D eigenvalue weighted by Gasteiger charge is -2.20. The highest BCUT2D eigenvalue weighted by atomic mass is 28.4. The number of rotatable bonds is 10. The molecule has 0 saturated heterocycles. The van der Waals surface area contributed by atoms with E-state index in [0.717, 1.165) is 32.5 Å². The van der Waals surface area contributed by atoms with Gasteiger partial charge in [-0.2, -0.15) is 0 Å². The van der Waals surface area contributed by atoms with Crippen molar-refractivity contribution in [2.45, 2.75) is 46.8 Å². The first kappa shape index (κ1) is 22.5. The van der Waals surface area contributed by atoms with E-state index in [1.54, 1.807) is 0 Å². The summed E-state index contributed by atoms with van der Waals surface area (Å²) in [5, 5.41) is 0. The zero-order valence-corrected chi connectivity index (χ0v) is 17.8. The Kier molecular flexibility index (Phi) is 13.6. The molecule has 0 amide bonds. The lowest BCUT2D eigenvalue weighted by molar-refractivity contribution is 0.196. The van der Waals surface area contributed by atoms with Gasteiger partial charge >= 0.3 is 17.8 Å². The van der Waals surface area contributed by atoms with Gasteiger partial charge in [-0.25, -0.2) is 0 Å². The Morgan fingerprint density at radius 2 is 1.26 bits per heavy atom. The maximum absolute atomic E-state index is 5.60. The van der Waals surface area contributed by atoms with Gasteiger partial charge in [0.2, 0.25) is 0 Å². The van der Waals surface area contributed by atoms with Crippen LogP contribution in [0.3, 0.4) is 0 Å². The average molecular weight is 359 g/mol. The predicted molar refractivity (Wildman–Crippen MR) is 101 cm³/mol. The molecule has 0 N–H and O–H groups in total. The lowest BCUT2D eigenvalue weighted by atomic mass is 10.2. The van der Waals surface area contributed by atoms with Crippen LogP contribution in [0.4, 0.5) is 0 Å². The first-order chi connectivity index (χ1) is 11.0. The fourth-order valence-electron chi connectivity index (χ4n) is 2.08. The summed E-state index contributed by atoms with van der Waals surface area (Å²) in [4.78, 5) is 0. The van der Waals surface area contributed by atoms with Crippen LogP contribution in [-0.4, -0.2) is 44.3 Å². The summed E-state index contributed by atoms with van der Waals surface area (Å²) in [6.07, 6.45) is 0. The molecule has 1 aromatic rings. The third-order valence-electron chi connectivity index (χ3n) is 2.93. The van der Waals surface area contributed by atoms with Crippen LogP contribution in [0, 0.1) is 0 Å². The molecule has 4 nitrogen and oxygen atoms in total. The Hall–Kier alpha value is -0.506. The SMILES string of the molecule is CCO[SiH](Cc1ccccc1)OCC.CCO[Si](C)(C)OCC. The minimum atomic E-state index is -1.70. The van der Waals surface area contributed by atoms with Crippen molar-refractivity contribution < 1.29 is 17.7 Å². The highest BCUT2D eigenvalue weighted by molar-refractivity contribution is 6.64. The molecule has 0 unspecified atom stereocenters. The van der Waals surface area contributed by atoms with Crippen LogP contribution in [0.15, 0.2) is 30.3 Å². The van der Waals surface area contributed by atoms with Gasteiger partial charge in [-0.1, -0.05) is 30.3 Å². The van der Waals surface area contributed by atoms with E-state index in [9.17, 15) is 0 Å². The molecule has 1 rings (SSSR count). The normalized spacial score (nSPS) is 11.3. The minimum Gasteiger partial charge on any atom is -0.397 e. The average Bonchev–Trinajstić information content (AvgIpc) is 2.49. The highest BCUT2D eigenvalue weighted by Crippen LogP contribution is 2.05. The van der Waals surface area contributed by atoms with E-state index in [4.69, 9.17) is 17.7 Å². The van der Waals surface area contributed by atoms with E-state index in [1.807, 2.05) is 33.8 Å². The maximum atomic E-state index is 5.60. The molecule has 0 heterocycles. The summed E-state index contributed by atoms with van der Waals surface area (Å²) >= 11 is 0. The monoisotopic (exact) mass is 358 g/mol. The van der Waals surface area contributed by atoms with E-state index in [0.29, 0.717) is 0 Å². The summed E-state index contributed by atoms with van der Waals surface area (Å²) < 4.78 is 22.0. The van der Waals surface area contributed by atoms with Crippen LogP contribution in [0.5, 0.6) is 0 Å². The third kappa shape index (κ3) is 12.6. The van der Waals surface area contributed by atoms with Gasteiger partial charge in [0.15, 0.2) is 0 Å². The fourth-order valence-corrected chi connectivity index (χ4v) is 5.29. The van der Waals surface area contributed by atoms with Crippen LogP contribution in [0.1, 0.15) is 33.3 Å². The Labute approximate surface area is 145 Å². The standard InChI is InChI=1S/C11H18O2Si.C6H16O2Si/c1-3-12-14(13-4-2)10-11-8-6-5-7-9-11;1-5-7-9(3,4)8-6-2/h5-9,14H,3-4,10H2,1-2H3;5-6H2,1-4H3. The molecule has 0 aliphatic rings. The number of hydrogen-bond acceptors (Lipinski definition) is 4. The second kappa shape index (κ2) is 13.9. The quantitative estimate of drug-likeness (QED) is 0.596. The van der Waals surface area contributed by atoms with E-state index >= 15 is 0 Å². The van der Waals surface area contributed by atoms with Gasteiger partial charge in [-0.05, 0) is 46.4 Å². The zero-order valence-electron chi connectivity index (χ0n) is 15.6. The van der Waals surface area contributed by atoms with E-state index in [-0.39, 0.29) is 0 Å². The molecule has 0 aromatic heterocycles. The summed E-state index contributed by atoms with van der Waals surface area (Å²) in [5.41, 5.74) is 1.31. The van der Waals surface area contributed by atoms with Crippen molar-refractivity contribution >= 4 is 17.8 Å². The van der Waals surface area contributed by atoms with Gasteiger partial charge in [0.1, 0.15) is 0 Å². The molecule has 0 saturated carbocycles. The Balaban J connectivity index is 0.000000468. The molecule has 0 aliphatic heterocycles. The Morgan fingerprint density at radius 1 is 0.783 bits per heavy atom. The van der Waals surface area contributed by atoms with Crippen molar-refractivity contribution in [3.63, 3.8) is 0 Å². The molecule has 0 atom stereocenters. The van der Waals surface area contributed by atoms with Gasteiger partial charge in [0.05, 0.1) is 0 Å². The largest absolute Gasteiger partial charge is 0.397 e. The molecule has 6 heteroatoms. The van der Waals surface area contributed by atoms with Crippen molar-refractivity contribution in [3.05, 3.63) is 35.9 Å². The van der Waals surface area contributed by atoms with Gasteiger partial charge in [-0.3, -0.25) is 0 Å². The Bertz CT molecular complexity index is 360. The van der Waals surface area contributed by atoms with Crippen molar-refractivity contribution in [2.24, 2.45) is 0 Å². The van der Waals surface area contributed by atoms with E-state index in [2.05, 4.69) is 37.4 Å². The molecule has 0 spiro atoms. The molecule has 134 valence electrons. The van der Waals surface area contributed by atoms with Gasteiger partial charge in [-0.15, -0.1) is 0 Å². The maximum Gasteiger partial charge on any atom is 0.331 e. The van der Waals surface area contributed by atoms with Crippen LogP contribution in [-0.2, 0) is 23.7 Å². The van der Waals surface area contributed by atoms with Gasteiger partial charge in [0, 0.05) is 32.5 Å². The van der Waals surface area contributed by atoms with Crippen LogP contribution >= 0.6 is 0 Å². The summed E-state index contributed by atoms with van der Waals surface area (Å²) in [6.45, 7) is 15.2. The molecule has 0 aliphatic carbocycles. The lowest BCUT2D eigenvalue weighted by Crippen LogP contribution is -2.34. The third-order valence-corrected chi connectivity index (χ3v) is 7.12. The molecule has 23 heavy (non-hydrogen) atoms. The molecular formula is C17H34O4Si2. The molecular weight excluding hydrogens is 324 g/mol. The summed E-state index contributed by atoms with van der Waals surface area (Å²) in [6, 6.07) is 11.3. The molecule has 0 fully saturated rings. The summed E-state index contributed by atoms with van der Waals surface area (Å²) in [7, 11) is -3.16. The molecule has 0 bridgehead atoms. The first-order valence-corrected chi connectivity index (χ1v) is 13.1. The second-order valence-electron chi connectivity index (χ2n) is 5.30. The van der Waals surface area contributed by atoms with Gasteiger partial charge in [0.25, 0.3) is 0 Å². The Morgan fingerprint density at radius 3 is 1.65 bits per heavy atom. The predicted octanol–water partition coefficient (Wildman–Crippen LogP) is 3.82. The number of benzene rings is 1. The van der Waals surface area contributed by atoms with Crippen molar-refractivity contribution in [3.8, 4) is 0 Å². The smallest absolute Gasteiger partial charge is 0.331 e.